The third kappa shape index (κ3) is 4.09. The highest BCUT2D eigenvalue weighted by Gasteiger charge is 2.21. The Labute approximate surface area is 125 Å². The van der Waals surface area contributed by atoms with Gasteiger partial charge in [0.1, 0.15) is 0 Å². The van der Waals surface area contributed by atoms with Gasteiger partial charge in [0.15, 0.2) is 0 Å². The van der Waals surface area contributed by atoms with E-state index in [4.69, 9.17) is 16.7 Å². The number of carbonyl (C=O) groups is 3. The van der Waals surface area contributed by atoms with Crippen LogP contribution >= 0.6 is 11.6 Å². The molecule has 0 saturated carbocycles. The maximum atomic E-state index is 11.8. The van der Waals surface area contributed by atoms with E-state index < -0.39 is 12.0 Å². The third-order valence-electron chi connectivity index (χ3n) is 3.05. The van der Waals surface area contributed by atoms with Crippen molar-refractivity contribution in [3.8, 4) is 0 Å². The van der Waals surface area contributed by atoms with Gasteiger partial charge in [0.2, 0.25) is 5.91 Å². The normalized spacial score (nSPS) is 17.2. The Hall–Kier alpha value is -2.28. The number of carboxylic acids is 1. The SMILES string of the molecule is O=C1CCC(CNC(=O)Nc2cc(Cl)ccc2C(=O)O)N1. The molecule has 21 heavy (non-hydrogen) atoms. The average Bonchev–Trinajstić information content (AvgIpc) is 2.82. The number of nitrogens with one attached hydrogen (secondary N) is 3. The van der Waals surface area contributed by atoms with Gasteiger partial charge in [0, 0.05) is 24.0 Å². The van der Waals surface area contributed by atoms with Crippen molar-refractivity contribution in [3.05, 3.63) is 28.8 Å². The maximum Gasteiger partial charge on any atom is 0.337 e. The Morgan fingerprint density at radius 3 is 2.81 bits per heavy atom. The van der Waals surface area contributed by atoms with E-state index in [0.29, 0.717) is 17.9 Å². The third-order valence-corrected chi connectivity index (χ3v) is 3.29. The van der Waals surface area contributed by atoms with E-state index in [0.717, 1.165) is 0 Å². The predicted octanol–water partition coefficient (Wildman–Crippen LogP) is 1.44. The van der Waals surface area contributed by atoms with Gasteiger partial charge in [-0.3, -0.25) is 4.79 Å². The van der Waals surface area contributed by atoms with Gasteiger partial charge < -0.3 is 21.1 Å². The van der Waals surface area contributed by atoms with E-state index >= 15 is 0 Å². The topological polar surface area (TPSA) is 108 Å². The van der Waals surface area contributed by atoms with E-state index in [1.165, 1.54) is 18.2 Å². The van der Waals surface area contributed by atoms with Crippen LogP contribution in [-0.4, -0.2) is 35.6 Å². The van der Waals surface area contributed by atoms with Gasteiger partial charge in [-0.05, 0) is 24.6 Å². The van der Waals surface area contributed by atoms with Crippen molar-refractivity contribution in [2.24, 2.45) is 0 Å². The van der Waals surface area contributed by atoms with Crippen molar-refractivity contribution in [2.75, 3.05) is 11.9 Å². The van der Waals surface area contributed by atoms with Gasteiger partial charge in [-0.1, -0.05) is 11.6 Å². The second kappa shape index (κ2) is 6.45. The standard InChI is InChI=1S/C13H14ClN3O4/c14-7-1-3-9(12(19)20)10(5-7)17-13(21)15-6-8-2-4-11(18)16-8/h1,3,5,8H,2,4,6H2,(H,16,18)(H,19,20)(H2,15,17,21). The van der Waals surface area contributed by atoms with Gasteiger partial charge >= 0.3 is 12.0 Å². The second-order valence-corrected chi connectivity index (χ2v) is 5.07. The Morgan fingerprint density at radius 2 is 2.19 bits per heavy atom. The fourth-order valence-electron chi connectivity index (χ4n) is 2.02. The molecule has 8 heteroatoms. The smallest absolute Gasteiger partial charge is 0.337 e. The number of aromatic carboxylic acids is 1. The van der Waals surface area contributed by atoms with E-state index in [-0.39, 0.29) is 29.7 Å². The minimum Gasteiger partial charge on any atom is -0.478 e. The Balaban J connectivity index is 1.94. The predicted molar refractivity (Wildman–Crippen MR) is 76.6 cm³/mol. The first-order valence-electron chi connectivity index (χ1n) is 6.33. The fraction of sp³-hybridized carbons (Fsp3) is 0.308. The summed E-state index contributed by atoms with van der Waals surface area (Å²) in [6, 6.07) is 3.46. The molecule has 1 atom stereocenters. The first-order chi connectivity index (χ1) is 9.95. The molecule has 1 aromatic rings. The molecule has 1 saturated heterocycles. The molecule has 1 fully saturated rings. The summed E-state index contributed by atoms with van der Waals surface area (Å²) in [6.07, 6.45) is 1.11. The summed E-state index contributed by atoms with van der Waals surface area (Å²) in [6.45, 7) is 0.278. The number of hydrogen-bond donors (Lipinski definition) is 4. The molecule has 1 unspecified atom stereocenters. The molecule has 1 aliphatic heterocycles. The summed E-state index contributed by atoms with van der Waals surface area (Å²) in [7, 11) is 0. The number of rotatable bonds is 4. The first kappa shape index (κ1) is 15.1. The van der Waals surface area contributed by atoms with Crippen molar-refractivity contribution in [1.82, 2.24) is 10.6 Å². The summed E-state index contributed by atoms with van der Waals surface area (Å²) in [5, 5.41) is 17.1. The summed E-state index contributed by atoms with van der Waals surface area (Å²) in [4.78, 5) is 33.8. The van der Waals surface area contributed by atoms with E-state index in [1.54, 1.807) is 0 Å². The monoisotopic (exact) mass is 311 g/mol. The van der Waals surface area contributed by atoms with Crippen LogP contribution in [-0.2, 0) is 4.79 Å². The van der Waals surface area contributed by atoms with Crippen LogP contribution in [0.25, 0.3) is 0 Å². The molecule has 1 heterocycles. The minimum absolute atomic E-state index is 0.0368. The summed E-state index contributed by atoms with van der Waals surface area (Å²) in [5.41, 5.74) is 0.0617. The summed E-state index contributed by atoms with van der Waals surface area (Å²) in [5.74, 6) is -1.20. The molecule has 3 amide bonds. The highest BCUT2D eigenvalue weighted by Crippen LogP contribution is 2.21. The minimum atomic E-state index is -1.16. The number of amides is 3. The number of carbonyl (C=O) groups excluding carboxylic acids is 2. The lowest BCUT2D eigenvalue weighted by atomic mass is 10.2. The van der Waals surface area contributed by atoms with Gasteiger partial charge in [-0.2, -0.15) is 0 Å². The molecule has 1 aliphatic rings. The zero-order valence-corrected chi connectivity index (χ0v) is 11.7. The molecule has 0 aliphatic carbocycles. The maximum absolute atomic E-state index is 11.8. The molecular formula is C13H14ClN3O4. The van der Waals surface area contributed by atoms with Crippen LogP contribution in [0.1, 0.15) is 23.2 Å². The Bertz CT molecular complexity index is 591. The molecule has 4 N–H and O–H groups in total. The van der Waals surface area contributed by atoms with Crippen LogP contribution in [0.4, 0.5) is 10.5 Å². The van der Waals surface area contributed by atoms with Crippen LogP contribution in [0.15, 0.2) is 18.2 Å². The molecule has 0 bridgehead atoms. The largest absolute Gasteiger partial charge is 0.478 e. The number of urea groups is 1. The Morgan fingerprint density at radius 1 is 1.43 bits per heavy atom. The number of carboxylic acid groups (broad SMARTS) is 1. The van der Waals surface area contributed by atoms with Crippen LogP contribution in [0, 0.1) is 0 Å². The van der Waals surface area contributed by atoms with Gasteiger partial charge in [-0.25, -0.2) is 9.59 Å². The van der Waals surface area contributed by atoms with Gasteiger partial charge in [-0.15, -0.1) is 0 Å². The van der Waals surface area contributed by atoms with Gasteiger partial charge in [0.05, 0.1) is 11.3 Å². The molecule has 0 spiro atoms. The highest BCUT2D eigenvalue weighted by atomic mass is 35.5. The lowest BCUT2D eigenvalue weighted by molar-refractivity contribution is -0.119. The molecule has 0 aromatic heterocycles. The highest BCUT2D eigenvalue weighted by molar-refractivity contribution is 6.31. The zero-order chi connectivity index (χ0) is 15.4. The van der Waals surface area contributed by atoms with E-state index in [1.807, 2.05) is 0 Å². The molecule has 7 nitrogen and oxygen atoms in total. The van der Waals surface area contributed by atoms with Crippen molar-refractivity contribution in [1.29, 1.82) is 0 Å². The quantitative estimate of drug-likeness (QED) is 0.674. The number of halogens is 1. The average molecular weight is 312 g/mol. The van der Waals surface area contributed by atoms with Crippen LogP contribution in [0.3, 0.4) is 0 Å². The number of hydrogen-bond acceptors (Lipinski definition) is 3. The summed E-state index contributed by atoms with van der Waals surface area (Å²) >= 11 is 5.79. The molecule has 0 radical (unpaired) electrons. The zero-order valence-electron chi connectivity index (χ0n) is 11.0. The van der Waals surface area contributed by atoms with Crippen LogP contribution in [0.2, 0.25) is 5.02 Å². The Kier molecular flexibility index (Phi) is 4.64. The van der Waals surface area contributed by atoms with Crippen molar-refractivity contribution < 1.29 is 19.5 Å². The first-order valence-corrected chi connectivity index (χ1v) is 6.70. The number of anilines is 1. The molecular weight excluding hydrogens is 298 g/mol. The fourth-order valence-corrected chi connectivity index (χ4v) is 2.19. The lowest BCUT2D eigenvalue weighted by Crippen LogP contribution is -2.40. The van der Waals surface area contributed by atoms with E-state index in [2.05, 4.69) is 16.0 Å². The second-order valence-electron chi connectivity index (χ2n) is 4.63. The van der Waals surface area contributed by atoms with Gasteiger partial charge in [0.25, 0.3) is 0 Å². The number of benzene rings is 1. The molecule has 2 rings (SSSR count). The molecule has 1 aromatic carbocycles. The van der Waals surface area contributed by atoms with Crippen molar-refractivity contribution in [3.63, 3.8) is 0 Å². The molecule has 112 valence electrons. The summed E-state index contributed by atoms with van der Waals surface area (Å²) < 4.78 is 0. The van der Waals surface area contributed by atoms with E-state index in [9.17, 15) is 14.4 Å². The van der Waals surface area contributed by atoms with Crippen molar-refractivity contribution >= 4 is 35.2 Å². The lowest BCUT2D eigenvalue weighted by Gasteiger charge is -2.13. The van der Waals surface area contributed by atoms with Crippen LogP contribution < -0.4 is 16.0 Å². The van der Waals surface area contributed by atoms with Crippen molar-refractivity contribution in [2.45, 2.75) is 18.9 Å². The van der Waals surface area contributed by atoms with Crippen LogP contribution in [0.5, 0.6) is 0 Å².